The van der Waals surface area contributed by atoms with Crippen LogP contribution in [0.2, 0.25) is 0 Å². The normalized spacial score (nSPS) is 18.2. The van der Waals surface area contributed by atoms with Gasteiger partial charge in [0.15, 0.2) is 0 Å². The van der Waals surface area contributed by atoms with Crippen LogP contribution in [0.4, 0.5) is 0 Å². The molecule has 0 aliphatic carbocycles. The van der Waals surface area contributed by atoms with E-state index in [4.69, 9.17) is 9.47 Å². The lowest BCUT2D eigenvalue weighted by Gasteiger charge is -2.19. The molecule has 1 saturated heterocycles. The molecular weight excluding hydrogens is 372 g/mol. The maximum Gasteiger partial charge on any atom is 0.306 e. The summed E-state index contributed by atoms with van der Waals surface area (Å²) >= 11 is 0. The van der Waals surface area contributed by atoms with E-state index in [0.717, 1.165) is 51.6 Å². The molecule has 3 heteroatoms. The van der Waals surface area contributed by atoms with Crippen molar-refractivity contribution in [2.24, 2.45) is 0 Å². The molecule has 1 heterocycles. The number of hydrogen-bond donors (Lipinski definition) is 0. The molecular formula is C27H50O3. The van der Waals surface area contributed by atoms with Crippen LogP contribution in [-0.4, -0.2) is 25.3 Å². The highest BCUT2D eigenvalue weighted by atomic mass is 16.5. The molecule has 1 aliphatic rings. The number of ether oxygens (including phenoxy) is 2. The van der Waals surface area contributed by atoms with Crippen LogP contribution in [0.15, 0.2) is 0 Å². The van der Waals surface area contributed by atoms with E-state index < -0.39 is 0 Å². The van der Waals surface area contributed by atoms with Crippen molar-refractivity contribution in [3.05, 3.63) is 13.3 Å². The van der Waals surface area contributed by atoms with Crippen LogP contribution in [-0.2, 0) is 14.3 Å². The Balaban J connectivity index is 1.85. The number of carbonyl (C=O) groups excluding carboxylic acids is 1. The molecule has 1 aliphatic heterocycles. The highest BCUT2D eigenvalue weighted by Gasteiger charge is 2.15. The van der Waals surface area contributed by atoms with Gasteiger partial charge in [-0.2, -0.15) is 0 Å². The molecule has 3 nitrogen and oxygen atoms in total. The standard InChI is InChI=1S/C27H50O3/c1-2-3-4-5-6-7-8-9-10-11-12-13-14-15-19-22-27(28)30-26-21-18-16-17-20-24-29-25-23-26/h20,26H,1-19,21-25H2. The summed E-state index contributed by atoms with van der Waals surface area (Å²) in [5, 5.41) is 0. The average Bonchev–Trinajstić information content (AvgIpc) is 2.75. The van der Waals surface area contributed by atoms with Crippen molar-refractivity contribution < 1.29 is 14.3 Å². The second-order valence-electron chi connectivity index (χ2n) is 9.10. The summed E-state index contributed by atoms with van der Waals surface area (Å²) < 4.78 is 11.3. The first-order chi connectivity index (χ1) is 14.8. The number of rotatable bonds is 17. The number of esters is 1. The van der Waals surface area contributed by atoms with Gasteiger partial charge in [-0.15, -0.1) is 0 Å². The Labute approximate surface area is 188 Å². The van der Waals surface area contributed by atoms with Crippen molar-refractivity contribution in [3.63, 3.8) is 0 Å². The first kappa shape index (κ1) is 27.5. The SMILES string of the molecule is [CH2]CCCCCCCCCCCCCCCCC(=O)OC1CCCC[CH]COCC1. The molecule has 0 spiro atoms. The molecule has 176 valence electrons. The highest BCUT2D eigenvalue weighted by Crippen LogP contribution is 2.16. The van der Waals surface area contributed by atoms with E-state index in [9.17, 15) is 4.79 Å². The Kier molecular flexibility index (Phi) is 19.8. The minimum Gasteiger partial charge on any atom is -0.462 e. The lowest BCUT2D eigenvalue weighted by Crippen LogP contribution is -2.21. The quantitative estimate of drug-likeness (QED) is 0.175. The van der Waals surface area contributed by atoms with Gasteiger partial charge in [-0.1, -0.05) is 103 Å². The minimum atomic E-state index is -0.00465. The van der Waals surface area contributed by atoms with E-state index in [-0.39, 0.29) is 12.1 Å². The topological polar surface area (TPSA) is 35.5 Å². The fourth-order valence-corrected chi connectivity index (χ4v) is 4.20. The van der Waals surface area contributed by atoms with Gasteiger partial charge in [0.1, 0.15) is 6.10 Å². The van der Waals surface area contributed by atoms with Crippen molar-refractivity contribution in [1.29, 1.82) is 0 Å². The second-order valence-corrected chi connectivity index (χ2v) is 9.10. The summed E-state index contributed by atoms with van der Waals surface area (Å²) in [6.07, 6.45) is 27.8. The van der Waals surface area contributed by atoms with Gasteiger partial charge >= 0.3 is 5.97 Å². The van der Waals surface area contributed by atoms with E-state index in [1.165, 1.54) is 83.5 Å². The van der Waals surface area contributed by atoms with Crippen molar-refractivity contribution in [1.82, 2.24) is 0 Å². The van der Waals surface area contributed by atoms with Crippen LogP contribution in [0.3, 0.4) is 0 Å². The molecule has 0 aromatic rings. The molecule has 30 heavy (non-hydrogen) atoms. The van der Waals surface area contributed by atoms with Crippen LogP contribution in [0.5, 0.6) is 0 Å². The fraction of sp³-hybridized carbons (Fsp3) is 0.889. The third kappa shape index (κ3) is 18.2. The van der Waals surface area contributed by atoms with Gasteiger partial charge < -0.3 is 9.47 Å². The molecule has 0 aromatic carbocycles. The predicted octanol–water partition coefficient (Wildman–Crippen LogP) is 8.16. The lowest BCUT2D eigenvalue weighted by atomic mass is 10.0. The summed E-state index contributed by atoms with van der Waals surface area (Å²) in [7, 11) is 0. The highest BCUT2D eigenvalue weighted by molar-refractivity contribution is 5.69. The molecule has 2 radical (unpaired) electrons. The van der Waals surface area contributed by atoms with E-state index in [1.807, 2.05) is 0 Å². The minimum absolute atomic E-state index is 0.00465. The maximum absolute atomic E-state index is 12.1. The average molecular weight is 423 g/mol. The first-order valence-corrected chi connectivity index (χ1v) is 13.2. The molecule has 1 unspecified atom stereocenters. The van der Waals surface area contributed by atoms with Crippen molar-refractivity contribution >= 4 is 5.97 Å². The van der Waals surface area contributed by atoms with Crippen LogP contribution < -0.4 is 0 Å². The summed E-state index contributed by atoms with van der Waals surface area (Å²) in [5.41, 5.74) is 0. The van der Waals surface area contributed by atoms with Crippen molar-refractivity contribution in [2.45, 2.75) is 141 Å². The number of carbonyl (C=O) groups is 1. The van der Waals surface area contributed by atoms with Gasteiger partial charge in [0.25, 0.3) is 0 Å². The Morgan fingerprint density at radius 1 is 0.800 bits per heavy atom. The van der Waals surface area contributed by atoms with Gasteiger partial charge in [0.05, 0.1) is 6.61 Å². The summed E-state index contributed by atoms with van der Waals surface area (Å²) in [4.78, 5) is 12.1. The van der Waals surface area contributed by atoms with Gasteiger partial charge in [0.2, 0.25) is 0 Å². The van der Waals surface area contributed by atoms with Crippen LogP contribution in [0, 0.1) is 13.3 Å². The zero-order valence-corrected chi connectivity index (χ0v) is 19.9. The molecule has 0 N–H and O–H groups in total. The van der Waals surface area contributed by atoms with E-state index >= 15 is 0 Å². The van der Waals surface area contributed by atoms with E-state index in [1.54, 1.807) is 0 Å². The summed E-state index contributed by atoms with van der Waals surface area (Å²) in [6.45, 7) is 5.33. The van der Waals surface area contributed by atoms with Gasteiger partial charge in [-0.05, 0) is 32.1 Å². The van der Waals surface area contributed by atoms with Gasteiger partial charge in [-0.3, -0.25) is 4.79 Å². The molecule has 1 atom stereocenters. The van der Waals surface area contributed by atoms with Crippen molar-refractivity contribution in [3.8, 4) is 0 Å². The van der Waals surface area contributed by atoms with E-state index in [0.29, 0.717) is 13.0 Å². The Morgan fingerprint density at radius 2 is 1.37 bits per heavy atom. The Morgan fingerprint density at radius 3 is 1.97 bits per heavy atom. The molecule has 0 bridgehead atoms. The zero-order chi connectivity index (χ0) is 21.5. The molecule has 1 fully saturated rings. The number of unbranched alkanes of at least 4 members (excludes halogenated alkanes) is 14. The number of hydrogen-bond acceptors (Lipinski definition) is 3. The predicted molar refractivity (Wildman–Crippen MR) is 127 cm³/mol. The molecule has 0 aromatic heterocycles. The summed E-state index contributed by atoms with van der Waals surface area (Å²) in [6, 6.07) is 0. The van der Waals surface area contributed by atoms with Gasteiger partial charge in [-0.25, -0.2) is 0 Å². The fourth-order valence-electron chi connectivity index (χ4n) is 4.20. The summed E-state index contributed by atoms with van der Waals surface area (Å²) in [5.74, 6) is -0.00465. The Hall–Kier alpha value is -0.570. The Bertz CT molecular complexity index is 359. The van der Waals surface area contributed by atoms with Crippen LogP contribution >= 0.6 is 0 Å². The third-order valence-corrected chi connectivity index (χ3v) is 6.18. The van der Waals surface area contributed by atoms with E-state index in [2.05, 4.69) is 13.3 Å². The first-order valence-electron chi connectivity index (χ1n) is 13.2. The molecule has 0 amide bonds. The second kappa shape index (κ2) is 21.7. The van der Waals surface area contributed by atoms with Crippen LogP contribution in [0.1, 0.15) is 135 Å². The molecule has 0 saturated carbocycles. The monoisotopic (exact) mass is 422 g/mol. The third-order valence-electron chi connectivity index (χ3n) is 6.18. The maximum atomic E-state index is 12.1. The van der Waals surface area contributed by atoms with Gasteiger partial charge in [0, 0.05) is 19.4 Å². The molecule has 1 rings (SSSR count). The lowest BCUT2D eigenvalue weighted by molar-refractivity contribution is -0.150. The zero-order valence-electron chi connectivity index (χ0n) is 19.9. The van der Waals surface area contributed by atoms with Crippen molar-refractivity contribution in [2.75, 3.05) is 13.2 Å². The van der Waals surface area contributed by atoms with Crippen LogP contribution in [0.25, 0.3) is 0 Å². The largest absolute Gasteiger partial charge is 0.462 e. The smallest absolute Gasteiger partial charge is 0.306 e.